The number of nitrogens with two attached hydrogens (primary N) is 1. The number of ether oxygens (including phenoxy) is 3. The summed E-state index contributed by atoms with van der Waals surface area (Å²) >= 11 is 0. The molecule has 0 aromatic heterocycles. The van der Waals surface area contributed by atoms with E-state index >= 15 is 0 Å². The van der Waals surface area contributed by atoms with Crippen molar-refractivity contribution in [3.8, 4) is 17.2 Å². The van der Waals surface area contributed by atoms with Gasteiger partial charge >= 0.3 is 0 Å². The topological polar surface area (TPSA) is 44.3 Å². The minimum absolute atomic E-state index is 0.182. The lowest BCUT2D eigenvalue weighted by Gasteiger charge is -2.18. The molecule has 3 aromatic rings. The van der Waals surface area contributed by atoms with Crippen molar-refractivity contribution in [2.75, 3.05) is 20.8 Å². The Labute approximate surface area is 186 Å². The Bertz CT molecular complexity index is 923. The maximum Gasteiger partial charge on any atom is 0.161 e. The number of benzene rings is 3. The van der Waals surface area contributed by atoms with Gasteiger partial charge in [-0.1, -0.05) is 42.5 Å². The van der Waals surface area contributed by atoms with Gasteiger partial charge in [0.1, 0.15) is 12.3 Å². The SMILES string of the molecule is COc1ccc(C[NH2+]CC[C@H](c2ccccc2)c2ccc(OC(C)C)cc2)cc1OC. The normalized spacial score (nSPS) is 11.9. The Morgan fingerprint density at radius 1 is 0.774 bits per heavy atom. The molecule has 3 rings (SSSR count). The Morgan fingerprint density at radius 3 is 2.10 bits per heavy atom. The third-order valence-corrected chi connectivity index (χ3v) is 5.34. The summed E-state index contributed by atoms with van der Waals surface area (Å²) in [4.78, 5) is 0. The summed E-state index contributed by atoms with van der Waals surface area (Å²) in [6.07, 6.45) is 1.24. The van der Waals surface area contributed by atoms with Gasteiger partial charge in [-0.15, -0.1) is 0 Å². The van der Waals surface area contributed by atoms with Gasteiger partial charge in [-0.2, -0.15) is 0 Å². The van der Waals surface area contributed by atoms with Gasteiger partial charge in [-0.05, 0) is 55.3 Å². The summed E-state index contributed by atoms with van der Waals surface area (Å²) in [5, 5.41) is 2.35. The van der Waals surface area contributed by atoms with Crippen molar-refractivity contribution in [2.45, 2.75) is 38.8 Å². The first-order valence-electron chi connectivity index (χ1n) is 10.9. The highest BCUT2D eigenvalue weighted by molar-refractivity contribution is 5.42. The predicted octanol–water partition coefficient (Wildman–Crippen LogP) is 4.78. The van der Waals surface area contributed by atoms with Crippen LogP contribution >= 0.6 is 0 Å². The van der Waals surface area contributed by atoms with Crippen LogP contribution in [0.2, 0.25) is 0 Å². The second-order valence-corrected chi connectivity index (χ2v) is 7.96. The summed E-state index contributed by atoms with van der Waals surface area (Å²) < 4.78 is 16.6. The average molecular weight is 421 g/mol. The lowest BCUT2D eigenvalue weighted by molar-refractivity contribution is -0.671. The van der Waals surface area contributed by atoms with Gasteiger partial charge in [-0.3, -0.25) is 0 Å². The van der Waals surface area contributed by atoms with Crippen LogP contribution in [0.4, 0.5) is 0 Å². The minimum atomic E-state index is 0.182. The number of hydrogen-bond acceptors (Lipinski definition) is 3. The Morgan fingerprint density at radius 2 is 1.45 bits per heavy atom. The fourth-order valence-electron chi connectivity index (χ4n) is 3.82. The fourth-order valence-corrected chi connectivity index (χ4v) is 3.82. The zero-order valence-corrected chi connectivity index (χ0v) is 19.0. The van der Waals surface area contributed by atoms with Crippen LogP contribution in [0.25, 0.3) is 0 Å². The summed E-state index contributed by atoms with van der Waals surface area (Å²) in [5.41, 5.74) is 3.89. The van der Waals surface area contributed by atoms with E-state index < -0.39 is 0 Å². The second-order valence-electron chi connectivity index (χ2n) is 7.96. The number of methoxy groups -OCH3 is 2. The van der Waals surface area contributed by atoms with Crippen LogP contribution in [0, 0.1) is 0 Å². The molecule has 0 aliphatic carbocycles. The third-order valence-electron chi connectivity index (χ3n) is 5.34. The van der Waals surface area contributed by atoms with Crippen molar-refractivity contribution in [3.63, 3.8) is 0 Å². The maximum absolute atomic E-state index is 5.81. The molecule has 164 valence electrons. The van der Waals surface area contributed by atoms with Crippen molar-refractivity contribution < 1.29 is 19.5 Å². The van der Waals surface area contributed by atoms with Gasteiger partial charge in [-0.25, -0.2) is 0 Å². The van der Waals surface area contributed by atoms with Gasteiger partial charge < -0.3 is 19.5 Å². The third kappa shape index (κ3) is 6.50. The summed E-state index contributed by atoms with van der Waals surface area (Å²) in [6, 6.07) is 25.4. The molecule has 4 nitrogen and oxygen atoms in total. The van der Waals surface area contributed by atoms with E-state index in [0.29, 0.717) is 5.92 Å². The predicted molar refractivity (Wildman–Crippen MR) is 125 cm³/mol. The van der Waals surface area contributed by atoms with Crippen molar-refractivity contribution in [3.05, 3.63) is 89.5 Å². The molecular formula is C27H34NO3+. The van der Waals surface area contributed by atoms with Crippen LogP contribution in [-0.2, 0) is 6.54 Å². The quantitative estimate of drug-likeness (QED) is 0.454. The molecule has 0 saturated carbocycles. The van der Waals surface area contributed by atoms with Crippen LogP contribution in [0.5, 0.6) is 17.2 Å². The van der Waals surface area contributed by atoms with Gasteiger partial charge in [0, 0.05) is 17.9 Å². The highest BCUT2D eigenvalue weighted by Crippen LogP contribution is 2.29. The van der Waals surface area contributed by atoms with Crippen molar-refractivity contribution in [2.24, 2.45) is 0 Å². The van der Waals surface area contributed by atoms with E-state index in [0.717, 1.165) is 36.8 Å². The first kappa shape index (κ1) is 22.7. The maximum atomic E-state index is 5.81. The van der Waals surface area contributed by atoms with Gasteiger partial charge in [0.2, 0.25) is 0 Å². The van der Waals surface area contributed by atoms with Crippen LogP contribution in [0.15, 0.2) is 72.8 Å². The van der Waals surface area contributed by atoms with Crippen molar-refractivity contribution in [1.29, 1.82) is 0 Å². The number of rotatable bonds is 11. The molecular weight excluding hydrogens is 386 g/mol. The molecule has 0 aliphatic heterocycles. The summed E-state index contributed by atoms with van der Waals surface area (Å²) in [7, 11) is 3.34. The number of quaternary nitrogens is 1. The fraction of sp³-hybridized carbons (Fsp3) is 0.333. The molecule has 0 amide bonds. The van der Waals surface area contributed by atoms with Crippen LogP contribution in [-0.4, -0.2) is 26.9 Å². The molecule has 0 bridgehead atoms. The van der Waals surface area contributed by atoms with E-state index in [2.05, 4.69) is 85.9 Å². The second kappa shape index (κ2) is 11.4. The summed E-state index contributed by atoms with van der Waals surface area (Å²) in [5.74, 6) is 2.82. The average Bonchev–Trinajstić information content (AvgIpc) is 2.80. The van der Waals surface area contributed by atoms with E-state index in [1.165, 1.54) is 16.7 Å². The lowest BCUT2D eigenvalue weighted by atomic mass is 9.88. The zero-order valence-electron chi connectivity index (χ0n) is 19.0. The molecule has 4 heteroatoms. The molecule has 0 aliphatic rings. The van der Waals surface area contributed by atoms with Crippen LogP contribution in [0.1, 0.15) is 42.9 Å². The molecule has 1 atom stereocenters. The van der Waals surface area contributed by atoms with E-state index in [1.807, 2.05) is 6.07 Å². The van der Waals surface area contributed by atoms with Gasteiger partial charge in [0.05, 0.1) is 26.9 Å². The molecule has 2 N–H and O–H groups in total. The Kier molecular flexibility index (Phi) is 8.36. The highest BCUT2D eigenvalue weighted by atomic mass is 16.5. The van der Waals surface area contributed by atoms with Gasteiger partial charge in [0.25, 0.3) is 0 Å². The molecule has 0 heterocycles. The molecule has 0 unspecified atom stereocenters. The molecule has 0 saturated heterocycles. The minimum Gasteiger partial charge on any atom is -0.493 e. The lowest BCUT2D eigenvalue weighted by Crippen LogP contribution is -2.82. The van der Waals surface area contributed by atoms with E-state index in [1.54, 1.807) is 14.2 Å². The monoisotopic (exact) mass is 420 g/mol. The molecule has 0 fully saturated rings. The smallest absolute Gasteiger partial charge is 0.161 e. The largest absolute Gasteiger partial charge is 0.493 e. The van der Waals surface area contributed by atoms with E-state index in [4.69, 9.17) is 14.2 Å². The molecule has 0 spiro atoms. The highest BCUT2D eigenvalue weighted by Gasteiger charge is 2.15. The first-order chi connectivity index (χ1) is 15.1. The van der Waals surface area contributed by atoms with Crippen LogP contribution in [0.3, 0.4) is 0 Å². The van der Waals surface area contributed by atoms with E-state index in [9.17, 15) is 0 Å². The Hall–Kier alpha value is -2.98. The van der Waals surface area contributed by atoms with Crippen molar-refractivity contribution in [1.82, 2.24) is 0 Å². The first-order valence-corrected chi connectivity index (χ1v) is 10.9. The van der Waals surface area contributed by atoms with Crippen LogP contribution < -0.4 is 19.5 Å². The number of hydrogen-bond donors (Lipinski definition) is 1. The van der Waals surface area contributed by atoms with Crippen molar-refractivity contribution >= 4 is 0 Å². The summed E-state index contributed by atoms with van der Waals surface area (Å²) in [6.45, 7) is 6.03. The van der Waals surface area contributed by atoms with E-state index in [-0.39, 0.29) is 6.10 Å². The molecule has 3 aromatic carbocycles. The molecule has 31 heavy (non-hydrogen) atoms. The Balaban J connectivity index is 1.65. The van der Waals surface area contributed by atoms with Gasteiger partial charge in [0.15, 0.2) is 11.5 Å². The molecule has 0 radical (unpaired) electrons. The standard InChI is InChI=1S/C27H33NO3/c1-20(2)31-24-13-11-23(12-14-24)25(22-8-6-5-7-9-22)16-17-28-19-21-10-15-26(29-3)27(18-21)30-4/h5-15,18,20,25,28H,16-17,19H2,1-4H3/p+1/t25-/m1/s1. The zero-order chi connectivity index (χ0) is 22.1.